The van der Waals surface area contributed by atoms with Gasteiger partial charge in [-0.05, 0) is 44.0 Å². The fourth-order valence-electron chi connectivity index (χ4n) is 3.91. The van der Waals surface area contributed by atoms with Gasteiger partial charge in [-0.25, -0.2) is 9.78 Å². The molecule has 1 fully saturated rings. The molecule has 0 bridgehead atoms. The molecule has 0 aliphatic carbocycles. The van der Waals surface area contributed by atoms with E-state index in [1.165, 1.54) is 24.1 Å². The highest BCUT2D eigenvalue weighted by atomic mass is 16.4. The van der Waals surface area contributed by atoms with E-state index in [9.17, 15) is 14.7 Å². The molecule has 0 unspecified atom stereocenters. The van der Waals surface area contributed by atoms with Crippen LogP contribution < -0.4 is 0 Å². The number of nitrogens with one attached hydrogen (secondary N) is 1. The number of piperidine rings is 1. The van der Waals surface area contributed by atoms with Gasteiger partial charge in [0.1, 0.15) is 5.76 Å². The predicted molar refractivity (Wildman–Crippen MR) is 96.1 cm³/mol. The number of fused-ring (bicyclic) bond motifs is 1. The zero-order chi connectivity index (χ0) is 19.0. The minimum atomic E-state index is -1.09. The third-order valence-electron chi connectivity index (χ3n) is 5.55. The largest absolute Gasteiger partial charge is 0.479 e. The van der Waals surface area contributed by atoms with Crippen LogP contribution in [0.25, 0.3) is 0 Å². The summed E-state index contributed by atoms with van der Waals surface area (Å²) in [6, 6.07) is 2.36. The van der Waals surface area contributed by atoms with Crippen molar-refractivity contribution in [2.75, 3.05) is 19.6 Å². The fraction of sp³-hybridized carbons (Fsp3) is 0.526. The SMILES string of the molecule is CC1CCN(Cc2ccc(C(=O)N3CCc4[nH]cnc4[C@@H]3C(=O)O)o2)CC1. The summed E-state index contributed by atoms with van der Waals surface area (Å²) in [5.74, 6) is 0.173. The molecule has 0 spiro atoms. The van der Waals surface area contributed by atoms with E-state index in [4.69, 9.17) is 4.42 Å². The van der Waals surface area contributed by atoms with Crippen LogP contribution in [0.2, 0.25) is 0 Å². The maximum absolute atomic E-state index is 12.9. The number of furan rings is 1. The Bertz CT molecular complexity index is 834. The van der Waals surface area contributed by atoms with Crippen LogP contribution in [-0.4, -0.2) is 56.4 Å². The van der Waals surface area contributed by atoms with Crippen molar-refractivity contribution in [2.45, 2.75) is 38.8 Å². The lowest BCUT2D eigenvalue weighted by Crippen LogP contribution is -2.43. The fourth-order valence-corrected chi connectivity index (χ4v) is 3.91. The van der Waals surface area contributed by atoms with Crippen molar-refractivity contribution in [1.82, 2.24) is 19.8 Å². The molecule has 0 radical (unpaired) electrons. The molecule has 2 aromatic heterocycles. The van der Waals surface area contributed by atoms with Gasteiger partial charge in [-0.1, -0.05) is 6.92 Å². The molecule has 144 valence electrons. The Labute approximate surface area is 157 Å². The standard InChI is InChI=1S/C19H24N4O4/c1-12-4-7-22(8-5-12)10-13-2-3-15(27-13)18(24)23-9-6-14-16(21-11-20-14)17(23)19(25)26/h2-3,11-12,17H,4-10H2,1H3,(H,20,21)(H,25,26)/t17-/m1/s1. The molecule has 1 atom stereocenters. The van der Waals surface area contributed by atoms with Crippen LogP contribution in [-0.2, 0) is 17.8 Å². The monoisotopic (exact) mass is 372 g/mol. The van der Waals surface area contributed by atoms with Crippen LogP contribution in [0, 0.1) is 5.92 Å². The van der Waals surface area contributed by atoms with Crippen LogP contribution in [0.5, 0.6) is 0 Å². The van der Waals surface area contributed by atoms with E-state index in [2.05, 4.69) is 21.8 Å². The second-order valence-electron chi connectivity index (χ2n) is 7.48. The number of aliphatic carboxylic acids is 1. The highest BCUT2D eigenvalue weighted by Gasteiger charge is 2.39. The Kier molecular flexibility index (Phi) is 4.73. The van der Waals surface area contributed by atoms with Gasteiger partial charge in [0.05, 0.1) is 18.6 Å². The van der Waals surface area contributed by atoms with E-state index in [1.807, 2.05) is 6.07 Å². The number of aromatic nitrogens is 2. The number of rotatable bonds is 4. The summed E-state index contributed by atoms with van der Waals surface area (Å²) in [7, 11) is 0. The Morgan fingerprint density at radius 3 is 2.81 bits per heavy atom. The van der Waals surface area contributed by atoms with Gasteiger partial charge < -0.3 is 19.4 Å². The van der Waals surface area contributed by atoms with E-state index >= 15 is 0 Å². The number of carbonyl (C=O) groups excluding carboxylic acids is 1. The van der Waals surface area contributed by atoms with E-state index in [1.54, 1.807) is 6.07 Å². The first-order valence-electron chi connectivity index (χ1n) is 9.40. The number of aromatic amines is 1. The average Bonchev–Trinajstić information content (AvgIpc) is 3.31. The summed E-state index contributed by atoms with van der Waals surface area (Å²) in [5.41, 5.74) is 1.17. The third-order valence-corrected chi connectivity index (χ3v) is 5.55. The molecule has 2 aliphatic rings. The first-order valence-corrected chi connectivity index (χ1v) is 9.40. The van der Waals surface area contributed by atoms with Crippen molar-refractivity contribution in [3.8, 4) is 0 Å². The number of carboxylic acids is 1. The highest BCUT2D eigenvalue weighted by molar-refractivity contribution is 5.95. The van der Waals surface area contributed by atoms with Gasteiger partial charge in [0.25, 0.3) is 5.91 Å². The number of imidazole rings is 1. The van der Waals surface area contributed by atoms with Gasteiger partial charge >= 0.3 is 5.97 Å². The number of likely N-dealkylation sites (tertiary alicyclic amines) is 1. The van der Waals surface area contributed by atoms with Crippen molar-refractivity contribution in [3.05, 3.63) is 41.4 Å². The number of nitrogens with zero attached hydrogens (tertiary/aromatic N) is 3. The topological polar surface area (TPSA) is 103 Å². The van der Waals surface area contributed by atoms with E-state index in [0.717, 1.165) is 30.5 Å². The zero-order valence-electron chi connectivity index (χ0n) is 15.4. The van der Waals surface area contributed by atoms with Crippen LogP contribution in [0.4, 0.5) is 0 Å². The molecule has 8 heteroatoms. The van der Waals surface area contributed by atoms with Gasteiger partial charge in [0.15, 0.2) is 11.8 Å². The quantitative estimate of drug-likeness (QED) is 0.852. The molecule has 4 rings (SSSR count). The molecule has 2 aromatic rings. The van der Waals surface area contributed by atoms with E-state index < -0.39 is 17.9 Å². The van der Waals surface area contributed by atoms with Gasteiger partial charge in [0.2, 0.25) is 0 Å². The summed E-state index contributed by atoms with van der Waals surface area (Å²) in [4.78, 5) is 35.4. The number of carbonyl (C=O) groups is 2. The maximum Gasteiger partial charge on any atom is 0.332 e. The molecule has 1 saturated heterocycles. The smallest absolute Gasteiger partial charge is 0.332 e. The Balaban J connectivity index is 1.48. The van der Waals surface area contributed by atoms with Crippen molar-refractivity contribution in [1.29, 1.82) is 0 Å². The third kappa shape index (κ3) is 3.49. The molecule has 4 heterocycles. The lowest BCUT2D eigenvalue weighted by Gasteiger charge is -2.31. The van der Waals surface area contributed by atoms with Crippen LogP contribution in [0.3, 0.4) is 0 Å². The number of hydrogen-bond donors (Lipinski definition) is 2. The zero-order valence-corrected chi connectivity index (χ0v) is 15.4. The minimum Gasteiger partial charge on any atom is -0.479 e. The average molecular weight is 372 g/mol. The summed E-state index contributed by atoms with van der Waals surface area (Å²) in [5, 5.41) is 9.63. The highest BCUT2D eigenvalue weighted by Crippen LogP contribution is 2.29. The first kappa shape index (κ1) is 17.8. The van der Waals surface area contributed by atoms with Crippen molar-refractivity contribution < 1.29 is 19.1 Å². The lowest BCUT2D eigenvalue weighted by molar-refractivity contribution is -0.143. The summed E-state index contributed by atoms with van der Waals surface area (Å²) >= 11 is 0. The second-order valence-corrected chi connectivity index (χ2v) is 7.48. The predicted octanol–water partition coefficient (Wildman–Crippen LogP) is 2.06. The molecular weight excluding hydrogens is 348 g/mol. The van der Waals surface area contributed by atoms with Gasteiger partial charge in [0, 0.05) is 18.7 Å². The summed E-state index contributed by atoms with van der Waals surface area (Å²) < 4.78 is 5.77. The minimum absolute atomic E-state index is 0.181. The molecule has 2 N–H and O–H groups in total. The normalized spacial score (nSPS) is 21.2. The number of H-pyrrole nitrogens is 1. The van der Waals surface area contributed by atoms with Crippen molar-refractivity contribution in [2.24, 2.45) is 5.92 Å². The molecule has 1 amide bonds. The van der Waals surface area contributed by atoms with E-state index in [-0.39, 0.29) is 5.76 Å². The molecule has 8 nitrogen and oxygen atoms in total. The Morgan fingerprint density at radius 1 is 1.30 bits per heavy atom. The lowest BCUT2D eigenvalue weighted by atomic mass is 9.99. The first-order chi connectivity index (χ1) is 13.0. The maximum atomic E-state index is 12.9. The number of amides is 1. The van der Waals surface area contributed by atoms with Gasteiger partial charge in [-0.15, -0.1) is 0 Å². The van der Waals surface area contributed by atoms with Crippen LogP contribution in [0.1, 0.15) is 53.5 Å². The van der Waals surface area contributed by atoms with Crippen molar-refractivity contribution >= 4 is 11.9 Å². The number of hydrogen-bond acceptors (Lipinski definition) is 5. The molecule has 27 heavy (non-hydrogen) atoms. The van der Waals surface area contributed by atoms with Gasteiger partial charge in [-0.2, -0.15) is 0 Å². The van der Waals surface area contributed by atoms with Gasteiger partial charge in [-0.3, -0.25) is 9.69 Å². The number of carboxylic acid groups (broad SMARTS) is 1. The Morgan fingerprint density at radius 2 is 2.07 bits per heavy atom. The summed E-state index contributed by atoms with van der Waals surface area (Å²) in [6.07, 6.45) is 4.36. The molecule has 0 aromatic carbocycles. The van der Waals surface area contributed by atoms with Crippen LogP contribution in [0.15, 0.2) is 22.9 Å². The molecular formula is C19H24N4O4. The Hall–Kier alpha value is -2.61. The van der Waals surface area contributed by atoms with E-state index in [0.29, 0.717) is 25.2 Å². The van der Waals surface area contributed by atoms with Crippen molar-refractivity contribution in [3.63, 3.8) is 0 Å². The van der Waals surface area contributed by atoms with Crippen LogP contribution >= 0.6 is 0 Å². The molecule has 0 saturated carbocycles. The summed E-state index contributed by atoms with van der Waals surface area (Å²) in [6.45, 7) is 5.31. The second kappa shape index (κ2) is 7.19. The molecule has 2 aliphatic heterocycles.